The van der Waals surface area contributed by atoms with Crippen molar-refractivity contribution in [2.24, 2.45) is 0 Å². The quantitative estimate of drug-likeness (QED) is 0.466. The van der Waals surface area contributed by atoms with Crippen LogP contribution in [0, 0.1) is 22.7 Å². The maximum Gasteiger partial charge on any atom is 0.313 e. The third-order valence-corrected chi connectivity index (χ3v) is 2.26. The SMILES string of the molecule is CC(C)OC(=O)CC(=O)c1c(C#N)cccc1C#N. The average molecular weight is 256 g/mol. The molecule has 0 unspecified atom stereocenters. The van der Waals surface area contributed by atoms with Crippen LogP contribution in [0.2, 0.25) is 0 Å². The van der Waals surface area contributed by atoms with Crippen molar-refractivity contribution in [2.75, 3.05) is 0 Å². The van der Waals surface area contributed by atoms with E-state index in [1.54, 1.807) is 13.8 Å². The first-order valence-corrected chi connectivity index (χ1v) is 5.65. The molecule has 0 bridgehead atoms. The Morgan fingerprint density at radius 1 is 1.21 bits per heavy atom. The van der Waals surface area contributed by atoms with Gasteiger partial charge in [0.15, 0.2) is 5.78 Å². The molecular formula is C14H12N2O3. The van der Waals surface area contributed by atoms with Gasteiger partial charge in [0.05, 0.1) is 34.9 Å². The van der Waals surface area contributed by atoms with Gasteiger partial charge >= 0.3 is 5.97 Å². The minimum atomic E-state index is -0.670. The van der Waals surface area contributed by atoms with Crippen LogP contribution in [0.25, 0.3) is 0 Å². The summed E-state index contributed by atoms with van der Waals surface area (Å²) in [4.78, 5) is 23.4. The molecule has 19 heavy (non-hydrogen) atoms. The zero-order valence-electron chi connectivity index (χ0n) is 10.6. The standard InChI is InChI=1S/C14H12N2O3/c1-9(2)19-13(18)6-12(17)14-10(7-15)4-3-5-11(14)8-16/h3-5,9H,6H2,1-2H3. The number of ether oxygens (including phenoxy) is 1. The van der Waals surface area contributed by atoms with Crippen molar-refractivity contribution < 1.29 is 14.3 Å². The molecule has 0 radical (unpaired) electrons. The molecule has 0 aliphatic carbocycles. The number of esters is 1. The van der Waals surface area contributed by atoms with E-state index in [9.17, 15) is 9.59 Å². The molecule has 5 nitrogen and oxygen atoms in total. The van der Waals surface area contributed by atoms with Crippen LogP contribution in [0.3, 0.4) is 0 Å². The van der Waals surface area contributed by atoms with Crippen molar-refractivity contribution in [3.63, 3.8) is 0 Å². The van der Waals surface area contributed by atoms with Gasteiger partial charge in [-0.15, -0.1) is 0 Å². The van der Waals surface area contributed by atoms with Crippen LogP contribution in [0.5, 0.6) is 0 Å². The number of Topliss-reactive ketones (excluding diaryl/α,β-unsaturated/α-hetero) is 1. The lowest BCUT2D eigenvalue weighted by Gasteiger charge is -2.08. The van der Waals surface area contributed by atoms with Crippen molar-refractivity contribution in [2.45, 2.75) is 26.4 Å². The molecule has 0 aliphatic heterocycles. The summed E-state index contributed by atoms with van der Waals surface area (Å²) in [7, 11) is 0. The predicted octanol–water partition coefficient (Wildman–Crippen LogP) is 1.95. The van der Waals surface area contributed by atoms with Crippen LogP contribution in [0.4, 0.5) is 0 Å². The zero-order chi connectivity index (χ0) is 14.4. The van der Waals surface area contributed by atoms with Crippen molar-refractivity contribution in [3.8, 4) is 12.1 Å². The summed E-state index contributed by atoms with van der Waals surface area (Å²) in [5, 5.41) is 17.9. The topological polar surface area (TPSA) is 90.9 Å². The maximum absolute atomic E-state index is 12.0. The molecule has 96 valence electrons. The van der Waals surface area contributed by atoms with Gasteiger partial charge in [0, 0.05) is 0 Å². The highest BCUT2D eigenvalue weighted by Gasteiger charge is 2.20. The summed E-state index contributed by atoms with van der Waals surface area (Å²) >= 11 is 0. The minimum absolute atomic E-state index is 0.0202. The van der Waals surface area contributed by atoms with Crippen LogP contribution in [-0.2, 0) is 9.53 Å². The Hall–Kier alpha value is -2.66. The summed E-state index contributed by atoms with van der Waals surface area (Å²) in [6, 6.07) is 8.06. The van der Waals surface area contributed by atoms with Crippen LogP contribution in [-0.4, -0.2) is 17.9 Å². The Kier molecular flexibility index (Phi) is 4.79. The second kappa shape index (κ2) is 6.32. The van der Waals surface area contributed by atoms with Gasteiger partial charge in [-0.25, -0.2) is 0 Å². The molecule has 0 saturated heterocycles. The number of hydrogen-bond acceptors (Lipinski definition) is 5. The number of hydrogen-bond donors (Lipinski definition) is 0. The summed E-state index contributed by atoms with van der Waals surface area (Å²) in [6.45, 7) is 3.35. The Labute approximate surface area is 111 Å². The van der Waals surface area contributed by atoms with Crippen LogP contribution < -0.4 is 0 Å². The van der Waals surface area contributed by atoms with E-state index >= 15 is 0 Å². The number of benzene rings is 1. The molecule has 0 atom stereocenters. The molecule has 1 rings (SSSR count). The van der Waals surface area contributed by atoms with Gasteiger partial charge in [-0.05, 0) is 26.0 Å². The second-order valence-corrected chi connectivity index (χ2v) is 4.09. The van der Waals surface area contributed by atoms with Gasteiger partial charge in [-0.3, -0.25) is 9.59 Å². The monoisotopic (exact) mass is 256 g/mol. The summed E-state index contributed by atoms with van der Waals surface area (Å²) in [5.74, 6) is -1.25. The Bertz CT molecular complexity index is 559. The number of rotatable bonds is 4. The molecule has 0 aromatic heterocycles. The summed E-state index contributed by atoms with van der Waals surface area (Å²) < 4.78 is 4.86. The van der Waals surface area contributed by atoms with Crippen LogP contribution in [0.15, 0.2) is 18.2 Å². The lowest BCUT2D eigenvalue weighted by molar-refractivity contribution is -0.146. The molecular weight excluding hydrogens is 244 g/mol. The third-order valence-electron chi connectivity index (χ3n) is 2.26. The molecule has 0 spiro atoms. The smallest absolute Gasteiger partial charge is 0.313 e. The highest BCUT2D eigenvalue weighted by atomic mass is 16.5. The Balaban J connectivity index is 3.04. The number of ketones is 1. The highest BCUT2D eigenvalue weighted by Crippen LogP contribution is 2.16. The fourth-order valence-corrected chi connectivity index (χ4v) is 1.56. The number of nitrogens with zero attached hydrogens (tertiary/aromatic N) is 2. The van der Waals surface area contributed by atoms with Crippen molar-refractivity contribution in [1.82, 2.24) is 0 Å². The Morgan fingerprint density at radius 2 is 1.74 bits per heavy atom. The van der Waals surface area contributed by atoms with E-state index < -0.39 is 18.2 Å². The van der Waals surface area contributed by atoms with E-state index in [0.29, 0.717) is 0 Å². The van der Waals surface area contributed by atoms with E-state index in [0.717, 1.165) is 0 Å². The Morgan fingerprint density at radius 3 is 2.16 bits per heavy atom. The molecule has 0 amide bonds. The van der Waals surface area contributed by atoms with Crippen molar-refractivity contribution in [1.29, 1.82) is 10.5 Å². The minimum Gasteiger partial charge on any atom is -0.463 e. The van der Waals surface area contributed by atoms with E-state index in [1.165, 1.54) is 18.2 Å². The molecule has 0 aliphatic rings. The van der Waals surface area contributed by atoms with Crippen molar-refractivity contribution in [3.05, 3.63) is 34.9 Å². The first-order valence-electron chi connectivity index (χ1n) is 5.65. The molecule has 0 heterocycles. The maximum atomic E-state index is 12.0. The van der Waals surface area contributed by atoms with E-state index in [2.05, 4.69) is 0 Å². The molecule has 0 saturated carbocycles. The molecule has 5 heteroatoms. The van der Waals surface area contributed by atoms with E-state index in [1.807, 2.05) is 12.1 Å². The van der Waals surface area contributed by atoms with Gasteiger partial charge in [0.25, 0.3) is 0 Å². The van der Waals surface area contributed by atoms with Crippen molar-refractivity contribution >= 4 is 11.8 Å². The largest absolute Gasteiger partial charge is 0.463 e. The molecule has 0 fully saturated rings. The first-order chi connectivity index (χ1) is 8.99. The normalized spacial score (nSPS) is 9.53. The second-order valence-electron chi connectivity index (χ2n) is 4.09. The van der Waals surface area contributed by atoms with Crippen LogP contribution >= 0.6 is 0 Å². The zero-order valence-corrected chi connectivity index (χ0v) is 10.6. The number of nitriles is 2. The fourth-order valence-electron chi connectivity index (χ4n) is 1.56. The summed E-state index contributed by atoms with van der Waals surface area (Å²) in [5.41, 5.74) is 0.149. The van der Waals surface area contributed by atoms with Gasteiger partial charge < -0.3 is 4.74 Å². The summed E-state index contributed by atoms with van der Waals surface area (Å²) in [6.07, 6.45) is -0.798. The molecule has 1 aromatic rings. The third kappa shape index (κ3) is 3.65. The predicted molar refractivity (Wildman–Crippen MR) is 66.0 cm³/mol. The van der Waals surface area contributed by atoms with Crippen LogP contribution in [0.1, 0.15) is 41.8 Å². The first kappa shape index (κ1) is 14.4. The molecule has 0 N–H and O–H groups in total. The van der Waals surface area contributed by atoms with E-state index in [4.69, 9.17) is 15.3 Å². The van der Waals surface area contributed by atoms with Gasteiger partial charge in [-0.2, -0.15) is 10.5 Å². The lowest BCUT2D eigenvalue weighted by atomic mass is 9.97. The number of carbonyl (C=O) groups is 2. The van der Waals surface area contributed by atoms with E-state index in [-0.39, 0.29) is 22.8 Å². The number of carbonyl (C=O) groups excluding carboxylic acids is 2. The lowest BCUT2D eigenvalue weighted by Crippen LogP contribution is -2.17. The highest BCUT2D eigenvalue weighted by molar-refractivity contribution is 6.08. The fraction of sp³-hybridized carbons (Fsp3) is 0.286. The average Bonchev–Trinajstić information content (AvgIpc) is 2.36. The van der Waals surface area contributed by atoms with Gasteiger partial charge in [0.1, 0.15) is 6.42 Å². The van der Waals surface area contributed by atoms with Gasteiger partial charge in [0.2, 0.25) is 0 Å². The molecule has 1 aromatic carbocycles. The van der Waals surface area contributed by atoms with Gasteiger partial charge in [-0.1, -0.05) is 6.07 Å².